The van der Waals surface area contributed by atoms with Crippen LogP contribution in [0.25, 0.3) is 0 Å². The van der Waals surface area contributed by atoms with E-state index in [1.54, 1.807) is 11.0 Å². The lowest BCUT2D eigenvalue weighted by molar-refractivity contribution is -0.143. The SMILES string of the molecule is O=C(O)C1c2ccccc2OCCN1CCn1cncn1. The van der Waals surface area contributed by atoms with Crippen molar-refractivity contribution in [3.05, 3.63) is 42.5 Å². The largest absolute Gasteiger partial charge is 0.492 e. The van der Waals surface area contributed by atoms with Gasteiger partial charge >= 0.3 is 5.97 Å². The first-order chi connectivity index (χ1) is 10.3. The molecular weight excluding hydrogens is 272 g/mol. The van der Waals surface area contributed by atoms with Gasteiger partial charge in [0.25, 0.3) is 0 Å². The first kappa shape index (κ1) is 13.6. The number of ether oxygens (including phenoxy) is 1. The van der Waals surface area contributed by atoms with Crippen molar-refractivity contribution in [3.63, 3.8) is 0 Å². The third-order valence-electron chi connectivity index (χ3n) is 3.53. The van der Waals surface area contributed by atoms with Crippen LogP contribution in [-0.4, -0.2) is 50.4 Å². The molecule has 0 fully saturated rings. The summed E-state index contributed by atoms with van der Waals surface area (Å²) >= 11 is 0. The van der Waals surface area contributed by atoms with E-state index in [1.165, 1.54) is 6.33 Å². The third kappa shape index (κ3) is 2.87. The van der Waals surface area contributed by atoms with Crippen LogP contribution in [0, 0.1) is 0 Å². The van der Waals surface area contributed by atoms with Gasteiger partial charge in [-0.25, -0.2) is 4.98 Å². The highest BCUT2D eigenvalue weighted by Gasteiger charge is 2.31. The molecule has 0 spiro atoms. The lowest BCUT2D eigenvalue weighted by Gasteiger charge is -2.26. The first-order valence-corrected chi connectivity index (χ1v) is 6.76. The van der Waals surface area contributed by atoms with Gasteiger partial charge in [0.05, 0.1) is 6.54 Å². The molecule has 7 nitrogen and oxygen atoms in total. The molecule has 1 aromatic carbocycles. The van der Waals surface area contributed by atoms with Crippen molar-refractivity contribution < 1.29 is 14.6 Å². The number of hydrogen-bond acceptors (Lipinski definition) is 5. The summed E-state index contributed by atoms with van der Waals surface area (Å²) in [4.78, 5) is 17.5. The highest BCUT2D eigenvalue weighted by atomic mass is 16.5. The Morgan fingerprint density at radius 2 is 2.24 bits per heavy atom. The lowest BCUT2D eigenvalue weighted by atomic mass is 10.0. The molecule has 0 amide bonds. The highest BCUT2D eigenvalue weighted by Crippen LogP contribution is 2.31. The van der Waals surface area contributed by atoms with E-state index < -0.39 is 12.0 Å². The topological polar surface area (TPSA) is 80.5 Å². The van der Waals surface area contributed by atoms with E-state index in [1.807, 2.05) is 29.2 Å². The van der Waals surface area contributed by atoms with Crippen LogP contribution in [0.2, 0.25) is 0 Å². The van der Waals surface area contributed by atoms with Gasteiger partial charge in [0.15, 0.2) is 0 Å². The van der Waals surface area contributed by atoms with Crippen molar-refractivity contribution in [3.8, 4) is 5.75 Å². The molecule has 0 radical (unpaired) electrons. The van der Waals surface area contributed by atoms with Gasteiger partial charge in [-0.3, -0.25) is 14.4 Å². The number of rotatable bonds is 4. The van der Waals surface area contributed by atoms with Gasteiger partial charge in [0.1, 0.15) is 31.1 Å². The van der Waals surface area contributed by atoms with Crippen molar-refractivity contribution >= 4 is 5.97 Å². The summed E-state index contributed by atoms with van der Waals surface area (Å²) in [6.45, 7) is 2.18. The molecule has 1 unspecified atom stereocenters. The van der Waals surface area contributed by atoms with Gasteiger partial charge in [-0.05, 0) is 6.07 Å². The maximum Gasteiger partial charge on any atom is 0.325 e. The van der Waals surface area contributed by atoms with Crippen LogP contribution in [0.1, 0.15) is 11.6 Å². The standard InChI is InChI=1S/C14H16N4O3/c19-14(20)13-11-3-1-2-4-12(11)21-8-7-17(13)5-6-18-10-15-9-16-18/h1-4,9-10,13H,5-8H2,(H,19,20). The van der Waals surface area contributed by atoms with Gasteiger partial charge in [-0.1, -0.05) is 18.2 Å². The zero-order valence-electron chi connectivity index (χ0n) is 11.4. The summed E-state index contributed by atoms with van der Waals surface area (Å²) in [7, 11) is 0. The normalized spacial score (nSPS) is 18.6. The molecule has 1 N–H and O–H groups in total. The molecule has 2 heterocycles. The maximum absolute atomic E-state index is 11.7. The van der Waals surface area contributed by atoms with E-state index in [4.69, 9.17) is 4.74 Å². The molecule has 1 aliphatic heterocycles. The summed E-state index contributed by atoms with van der Waals surface area (Å²) in [6, 6.07) is 6.60. The second-order valence-electron chi connectivity index (χ2n) is 4.82. The molecule has 1 aliphatic rings. The smallest absolute Gasteiger partial charge is 0.325 e. The molecule has 0 aliphatic carbocycles. The Morgan fingerprint density at radius 1 is 1.38 bits per heavy atom. The van der Waals surface area contributed by atoms with Crippen LogP contribution >= 0.6 is 0 Å². The van der Waals surface area contributed by atoms with Crippen molar-refractivity contribution in [1.29, 1.82) is 0 Å². The first-order valence-electron chi connectivity index (χ1n) is 6.76. The Kier molecular flexibility index (Phi) is 3.83. The molecule has 110 valence electrons. The summed E-state index contributed by atoms with van der Waals surface area (Å²) in [5.74, 6) is -0.223. The number of para-hydroxylation sites is 1. The Balaban J connectivity index is 1.83. The molecule has 2 aromatic rings. The number of benzene rings is 1. The number of aromatic nitrogens is 3. The minimum Gasteiger partial charge on any atom is -0.492 e. The number of carboxylic acids is 1. The molecule has 0 bridgehead atoms. The van der Waals surface area contributed by atoms with E-state index in [-0.39, 0.29) is 0 Å². The fourth-order valence-electron chi connectivity index (χ4n) is 2.55. The minimum absolute atomic E-state index is 0.470. The molecule has 0 saturated carbocycles. The van der Waals surface area contributed by atoms with Crippen LogP contribution < -0.4 is 4.74 Å². The minimum atomic E-state index is -0.869. The fraction of sp³-hybridized carbons (Fsp3) is 0.357. The maximum atomic E-state index is 11.7. The molecule has 0 saturated heterocycles. The van der Waals surface area contributed by atoms with Gasteiger partial charge in [-0.15, -0.1) is 0 Å². The number of hydrogen-bond donors (Lipinski definition) is 1. The predicted octanol–water partition coefficient (Wildman–Crippen LogP) is 0.798. The second kappa shape index (κ2) is 5.92. The fourth-order valence-corrected chi connectivity index (χ4v) is 2.55. The number of fused-ring (bicyclic) bond motifs is 1. The Labute approximate surface area is 121 Å². The van der Waals surface area contributed by atoms with E-state index in [0.29, 0.717) is 37.6 Å². The van der Waals surface area contributed by atoms with Gasteiger partial charge < -0.3 is 9.84 Å². The number of aliphatic carboxylic acids is 1. The monoisotopic (exact) mass is 288 g/mol. The molecule has 7 heteroatoms. The summed E-state index contributed by atoms with van der Waals surface area (Å²) < 4.78 is 7.35. The van der Waals surface area contributed by atoms with Crippen LogP contribution in [0.3, 0.4) is 0 Å². The van der Waals surface area contributed by atoms with Crippen LogP contribution in [0.5, 0.6) is 5.75 Å². The average molecular weight is 288 g/mol. The molecular formula is C14H16N4O3. The van der Waals surface area contributed by atoms with E-state index in [0.717, 1.165) is 0 Å². The van der Waals surface area contributed by atoms with Crippen molar-refractivity contribution in [1.82, 2.24) is 19.7 Å². The molecule has 3 rings (SSSR count). The zero-order valence-corrected chi connectivity index (χ0v) is 11.4. The van der Waals surface area contributed by atoms with Gasteiger partial charge in [-0.2, -0.15) is 5.10 Å². The molecule has 1 aromatic heterocycles. The number of carbonyl (C=O) groups is 1. The van der Waals surface area contributed by atoms with Crippen molar-refractivity contribution in [2.75, 3.05) is 19.7 Å². The predicted molar refractivity (Wildman–Crippen MR) is 73.9 cm³/mol. The Morgan fingerprint density at radius 3 is 3.00 bits per heavy atom. The lowest BCUT2D eigenvalue weighted by Crippen LogP contribution is -2.37. The highest BCUT2D eigenvalue weighted by molar-refractivity contribution is 5.76. The van der Waals surface area contributed by atoms with E-state index >= 15 is 0 Å². The van der Waals surface area contributed by atoms with Gasteiger partial charge in [0.2, 0.25) is 0 Å². The van der Waals surface area contributed by atoms with E-state index in [2.05, 4.69) is 10.1 Å². The van der Waals surface area contributed by atoms with Crippen LogP contribution in [0.4, 0.5) is 0 Å². The Hall–Kier alpha value is -2.41. The van der Waals surface area contributed by atoms with Crippen LogP contribution in [-0.2, 0) is 11.3 Å². The molecule has 1 atom stereocenters. The third-order valence-corrected chi connectivity index (χ3v) is 3.53. The molecule has 21 heavy (non-hydrogen) atoms. The van der Waals surface area contributed by atoms with E-state index in [9.17, 15) is 9.90 Å². The average Bonchev–Trinajstić information content (AvgIpc) is 2.91. The summed E-state index contributed by atoms with van der Waals surface area (Å²) in [6.07, 6.45) is 3.09. The summed E-state index contributed by atoms with van der Waals surface area (Å²) in [5.41, 5.74) is 0.695. The van der Waals surface area contributed by atoms with Crippen molar-refractivity contribution in [2.45, 2.75) is 12.6 Å². The zero-order chi connectivity index (χ0) is 14.7. The number of nitrogens with zero attached hydrogens (tertiary/aromatic N) is 4. The second-order valence-corrected chi connectivity index (χ2v) is 4.82. The number of carboxylic acid groups (broad SMARTS) is 1. The Bertz CT molecular complexity index is 614. The quantitative estimate of drug-likeness (QED) is 0.896. The summed E-state index contributed by atoms with van der Waals surface area (Å²) in [5, 5.41) is 13.6. The van der Waals surface area contributed by atoms with Crippen molar-refractivity contribution in [2.24, 2.45) is 0 Å². The van der Waals surface area contributed by atoms with Gasteiger partial charge in [0, 0.05) is 18.7 Å². The van der Waals surface area contributed by atoms with Crippen LogP contribution in [0.15, 0.2) is 36.9 Å².